The molecule has 1 fully saturated rings. The fourth-order valence-corrected chi connectivity index (χ4v) is 4.20. The Kier molecular flexibility index (Phi) is 5.52. The molecule has 0 aromatic carbocycles. The zero-order valence-electron chi connectivity index (χ0n) is 12.8. The number of allylic oxidation sites excluding steroid dienone is 1. The summed E-state index contributed by atoms with van der Waals surface area (Å²) < 4.78 is 1.59. The SMILES string of the molecule is C[C@]12SC(CCCCn3cnnn3)=C(C(=O)[O-])N1C(=O)[C@@H]2O.[Na+]. The molecule has 0 spiro atoms. The van der Waals surface area contributed by atoms with Crippen molar-refractivity contribution in [2.45, 2.75) is 43.7 Å². The van der Waals surface area contributed by atoms with Crippen molar-refractivity contribution in [2.24, 2.45) is 0 Å². The first-order valence-corrected chi connectivity index (χ1v) is 7.63. The Morgan fingerprint density at radius 3 is 2.87 bits per heavy atom. The molecule has 0 aliphatic carbocycles. The van der Waals surface area contributed by atoms with Crippen LogP contribution in [0.1, 0.15) is 26.2 Å². The Bertz CT molecular complexity index is 652. The minimum Gasteiger partial charge on any atom is -0.543 e. The molecule has 0 radical (unpaired) electrons. The molecule has 1 N–H and O–H groups in total. The van der Waals surface area contributed by atoms with Gasteiger partial charge < -0.3 is 15.0 Å². The molecule has 118 valence electrons. The summed E-state index contributed by atoms with van der Waals surface area (Å²) in [5.74, 6) is -1.97. The number of nitrogens with zero attached hydrogens (tertiary/aromatic N) is 5. The fraction of sp³-hybridized carbons (Fsp3) is 0.583. The second-order valence-corrected chi connectivity index (χ2v) is 6.85. The summed E-state index contributed by atoms with van der Waals surface area (Å²) >= 11 is 1.23. The number of carboxylic acid groups (broad SMARTS) is 1. The number of tetrazole rings is 1. The predicted molar refractivity (Wildman–Crippen MR) is 72.5 cm³/mol. The number of fused-ring (bicyclic) bond motifs is 1. The molecule has 0 saturated carbocycles. The van der Waals surface area contributed by atoms with E-state index < -0.39 is 22.9 Å². The summed E-state index contributed by atoms with van der Waals surface area (Å²) in [5.41, 5.74) is -0.106. The first-order chi connectivity index (χ1) is 10.4. The monoisotopic (exact) mass is 347 g/mol. The molecule has 1 amide bonds. The summed E-state index contributed by atoms with van der Waals surface area (Å²) in [4.78, 5) is 23.8. The van der Waals surface area contributed by atoms with Crippen molar-refractivity contribution in [2.75, 3.05) is 0 Å². The summed E-state index contributed by atoms with van der Waals surface area (Å²) in [5, 5.41) is 31.9. The van der Waals surface area contributed by atoms with Gasteiger partial charge in [-0.25, -0.2) is 4.68 Å². The topological polar surface area (TPSA) is 124 Å². The zero-order chi connectivity index (χ0) is 15.9. The number of rotatable bonds is 6. The standard InChI is InChI=1S/C12H15N5O4S.Na/c1-12-9(18)10(19)17(12)8(11(20)21)7(22-12)4-2-3-5-16-6-13-14-15-16;/h6,9,18H,2-5H2,1H3,(H,20,21);/q;+1/p-1/t9-,12+;/m0./s1. The van der Waals surface area contributed by atoms with Crippen molar-refractivity contribution in [1.29, 1.82) is 0 Å². The van der Waals surface area contributed by atoms with E-state index in [9.17, 15) is 19.8 Å². The van der Waals surface area contributed by atoms with E-state index in [-0.39, 0.29) is 35.3 Å². The summed E-state index contributed by atoms with van der Waals surface area (Å²) in [6.07, 6.45) is 2.32. The van der Waals surface area contributed by atoms with Gasteiger partial charge in [0.15, 0.2) is 6.10 Å². The molecule has 2 aliphatic heterocycles. The van der Waals surface area contributed by atoms with Crippen molar-refractivity contribution >= 4 is 23.6 Å². The summed E-state index contributed by atoms with van der Waals surface area (Å²) in [6, 6.07) is 0. The molecule has 2 aliphatic rings. The van der Waals surface area contributed by atoms with E-state index in [1.165, 1.54) is 18.1 Å². The minimum absolute atomic E-state index is 0. The quantitative estimate of drug-likeness (QED) is 0.310. The van der Waals surface area contributed by atoms with Crippen molar-refractivity contribution in [3.05, 3.63) is 16.9 Å². The summed E-state index contributed by atoms with van der Waals surface area (Å²) in [7, 11) is 0. The number of β-lactam (4-membered cyclic amide) rings is 1. The van der Waals surface area contributed by atoms with E-state index in [4.69, 9.17) is 0 Å². The van der Waals surface area contributed by atoms with Crippen LogP contribution in [0.2, 0.25) is 0 Å². The van der Waals surface area contributed by atoms with Crippen molar-refractivity contribution in [3.8, 4) is 0 Å². The number of aliphatic hydroxyl groups excluding tert-OH is 1. The molecule has 3 rings (SSSR count). The van der Waals surface area contributed by atoms with Gasteiger partial charge in [0.05, 0.1) is 11.7 Å². The second kappa shape index (κ2) is 6.89. The van der Waals surface area contributed by atoms with Gasteiger partial charge in [0.1, 0.15) is 11.2 Å². The molecule has 3 heterocycles. The number of aliphatic carboxylic acids is 1. The predicted octanol–water partition coefficient (Wildman–Crippen LogP) is -4.52. The smallest absolute Gasteiger partial charge is 0.543 e. The Hall–Kier alpha value is -0.940. The Labute approximate surface area is 158 Å². The molecule has 2 atom stereocenters. The second-order valence-electron chi connectivity index (χ2n) is 5.32. The van der Waals surface area contributed by atoms with Crippen LogP contribution < -0.4 is 34.7 Å². The van der Waals surface area contributed by atoms with E-state index in [0.29, 0.717) is 24.3 Å². The maximum atomic E-state index is 11.7. The zero-order valence-corrected chi connectivity index (χ0v) is 15.6. The normalized spacial score (nSPS) is 25.9. The Morgan fingerprint density at radius 1 is 1.52 bits per heavy atom. The van der Waals surface area contributed by atoms with Crippen LogP contribution in [-0.4, -0.2) is 53.1 Å². The Morgan fingerprint density at radius 2 is 2.26 bits per heavy atom. The van der Waals surface area contributed by atoms with Crippen LogP contribution >= 0.6 is 11.8 Å². The third-order valence-corrected chi connectivity index (χ3v) is 5.31. The maximum absolute atomic E-state index is 11.7. The average molecular weight is 347 g/mol. The molecule has 1 aromatic heterocycles. The van der Waals surface area contributed by atoms with Gasteiger partial charge in [0, 0.05) is 11.4 Å². The molecule has 1 aromatic rings. The molecular weight excluding hydrogens is 333 g/mol. The molecule has 9 nitrogen and oxygen atoms in total. The largest absolute Gasteiger partial charge is 1.00 e. The van der Waals surface area contributed by atoms with Gasteiger partial charge in [-0.1, -0.05) is 11.8 Å². The van der Waals surface area contributed by atoms with Crippen LogP contribution in [0.25, 0.3) is 0 Å². The molecular formula is C12H14N5NaO4S. The first-order valence-electron chi connectivity index (χ1n) is 6.81. The van der Waals surface area contributed by atoms with Crippen molar-refractivity contribution in [3.63, 3.8) is 0 Å². The number of amides is 1. The number of unbranched alkanes of at least 4 members (excludes halogenated alkanes) is 1. The van der Waals surface area contributed by atoms with Gasteiger partial charge in [0.2, 0.25) is 0 Å². The van der Waals surface area contributed by atoms with E-state index in [0.717, 1.165) is 11.3 Å². The minimum atomic E-state index is -1.38. The van der Waals surface area contributed by atoms with Crippen molar-refractivity contribution in [1.82, 2.24) is 25.1 Å². The number of hydrogen-bond donors (Lipinski definition) is 1. The number of carboxylic acids is 1. The number of aryl methyl sites for hydroxylation is 1. The Balaban J connectivity index is 0.00000192. The molecule has 1 saturated heterocycles. The van der Waals surface area contributed by atoms with Crippen LogP contribution in [0.4, 0.5) is 0 Å². The third kappa shape index (κ3) is 3.05. The first kappa shape index (κ1) is 18.4. The van der Waals surface area contributed by atoms with Gasteiger partial charge in [-0.15, -0.1) is 5.10 Å². The van der Waals surface area contributed by atoms with Crippen LogP contribution in [0, 0.1) is 0 Å². The molecule has 0 bridgehead atoms. The van der Waals surface area contributed by atoms with Crippen LogP contribution in [0.5, 0.6) is 0 Å². The summed E-state index contributed by atoms with van der Waals surface area (Å²) in [6.45, 7) is 2.29. The van der Waals surface area contributed by atoms with Crippen LogP contribution in [0.15, 0.2) is 16.9 Å². The molecule has 0 unspecified atom stereocenters. The molecule has 23 heavy (non-hydrogen) atoms. The van der Waals surface area contributed by atoms with E-state index in [1.54, 1.807) is 11.6 Å². The van der Waals surface area contributed by atoms with Gasteiger partial charge in [-0.3, -0.25) is 9.69 Å². The van der Waals surface area contributed by atoms with Crippen molar-refractivity contribution < 1.29 is 49.4 Å². The molecule has 11 heteroatoms. The third-order valence-electron chi connectivity index (χ3n) is 3.85. The van der Waals surface area contributed by atoms with E-state index in [1.807, 2.05) is 0 Å². The number of thioether (sulfide) groups is 1. The number of aliphatic hydroxyl groups is 1. The van der Waals surface area contributed by atoms with E-state index in [2.05, 4.69) is 15.5 Å². The van der Waals surface area contributed by atoms with Crippen LogP contribution in [0.3, 0.4) is 0 Å². The fourth-order valence-electron chi connectivity index (χ4n) is 2.70. The number of carbonyl (C=O) groups is 2. The maximum Gasteiger partial charge on any atom is 1.00 e. The number of carbonyl (C=O) groups excluding carboxylic acids is 2. The van der Waals surface area contributed by atoms with Gasteiger partial charge in [-0.05, 0) is 36.6 Å². The average Bonchev–Trinajstić information content (AvgIpc) is 3.08. The van der Waals surface area contributed by atoms with E-state index >= 15 is 0 Å². The van der Waals surface area contributed by atoms with Gasteiger partial charge in [-0.2, -0.15) is 0 Å². The van der Waals surface area contributed by atoms with Gasteiger partial charge in [0.25, 0.3) is 5.91 Å². The number of aromatic nitrogens is 4. The number of hydrogen-bond acceptors (Lipinski definition) is 8. The van der Waals surface area contributed by atoms with Crippen LogP contribution in [-0.2, 0) is 16.1 Å². The van der Waals surface area contributed by atoms with Gasteiger partial charge >= 0.3 is 29.6 Å².